The molecule has 0 aromatic heterocycles. The Hall–Kier alpha value is -1.51. The summed E-state index contributed by atoms with van der Waals surface area (Å²) in [6.07, 6.45) is 0. The van der Waals surface area contributed by atoms with Gasteiger partial charge in [0.05, 0.1) is 7.11 Å². The van der Waals surface area contributed by atoms with Gasteiger partial charge in [-0.2, -0.15) is 0 Å². The second-order valence-electron chi connectivity index (χ2n) is 2.92. The number of aryl methyl sites for hydroxylation is 1. The van der Waals surface area contributed by atoms with E-state index >= 15 is 0 Å². The Morgan fingerprint density at radius 1 is 1.46 bits per heavy atom. The largest absolute Gasteiger partial charge is 0.507 e. The van der Waals surface area contributed by atoms with E-state index in [0.717, 1.165) is 5.56 Å². The third-order valence-electron chi connectivity index (χ3n) is 1.80. The molecular formula is C10H12O3. The summed E-state index contributed by atoms with van der Waals surface area (Å²) in [6, 6.07) is 3.26. The smallest absolute Gasteiger partial charge is 0.167 e. The molecule has 1 N–H and O–H groups in total. The molecule has 0 fully saturated rings. The molecule has 0 saturated carbocycles. The molecule has 13 heavy (non-hydrogen) atoms. The first-order valence-corrected chi connectivity index (χ1v) is 3.94. The predicted octanol–water partition coefficient (Wildman–Crippen LogP) is 1.91. The van der Waals surface area contributed by atoms with Crippen LogP contribution >= 0.6 is 0 Å². The molecule has 1 rings (SSSR count). The van der Waals surface area contributed by atoms with E-state index in [2.05, 4.69) is 0 Å². The Labute approximate surface area is 77.0 Å². The lowest BCUT2D eigenvalue weighted by atomic mass is 10.1. The van der Waals surface area contributed by atoms with Crippen LogP contribution in [0.3, 0.4) is 0 Å². The van der Waals surface area contributed by atoms with Gasteiger partial charge in [0.2, 0.25) is 0 Å². The summed E-state index contributed by atoms with van der Waals surface area (Å²) in [7, 11) is 1.47. The van der Waals surface area contributed by atoms with E-state index in [0.29, 0.717) is 5.75 Å². The summed E-state index contributed by atoms with van der Waals surface area (Å²) in [4.78, 5) is 11.1. The third-order valence-corrected chi connectivity index (χ3v) is 1.80. The zero-order chi connectivity index (χ0) is 10.0. The Bertz CT molecular complexity index is 342. The van der Waals surface area contributed by atoms with Crippen LogP contribution in [0.2, 0.25) is 0 Å². The molecule has 0 bridgehead atoms. The highest BCUT2D eigenvalue weighted by molar-refractivity contribution is 5.99. The van der Waals surface area contributed by atoms with E-state index in [-0.39, 0.29) is 17.1 Å². The summed E-state index contributed by atoms with van der Waals surface area (Å²) in [5.41, 5.74) is 1.10. The number of hydrogen-bond donors (Lipinski definition) is 1. The quantitative estimate of drug-likeness (QED) is 0.707. The average molecular weight is 180 g/mol. The predicted molar refractivity (Wildman–Crippen MR) is 49.4 cm³/mol. The molecule has 0 radical (unpaired) electrons. The summed E-state index contributed by atoms with van der Waals surface area (Å²) >= 11 is 0. The van der Waals surface area contributed by atoms with Gasteiger partial charge in [-0.3, -0.25) is 4.79 Å². The maximum atomic E-state index is 11.1. The molecule has 0 saturated heterocycles. The van der Waals surface area contributed by atoms with Gasteiger partial charge in [-0.25, -0.2) is 0 Å². The van der Waals surface area contributed by atoms with Crippen molar-refractivity contribution in [1.29, 1.82) is 0 Å². The number of phenolic OH excluding ortho intramolecular Hbond substituents is 1. The van der Waals surface area contributed by atoms with Crippen LogP contribution in [0.5, 0.6) is 11.5 Å². The van der Waals surface area contributed by atoms with Gasteiger partial charge in [-0.1, -0.05) is 0 Å². The summed E-state index contributed by atoms with van der Waals surface area (Å²) < 4.78 is 4.99. The molecule has 0 amide bonds. The molecule has 3 heteroatoms. The van der Waals surface area contributed by atoms with E-state index < -0.39 is 0 Å². The van der Waals surface area contributed by atoms with Crippen LogP contribution in [0.4, 0.5) is 0 Å². The number of carbonyl (C=O) groups excluding carboxylic acids is 1. The minimum absolute atomic E-state index is 0.0237. The Kier molecular flexibility index (Phi) is 2.56. The van der Waals surface area contributed by atoms with Gasteiger partial charge in [0.15, 0.2) is 5.78 Å². The van der Waals surface area contributed by atoms with Crippen LogP contribution < -0.4 is 4.74 Å². The lowest BCUT2D eigenvalue weighted by Crippen LogP contribution is -1.98. The second kappa shape index (κ2) is 3.47. The van der Waals surface area contributed by atoms with Crippen LogP contribution in [0.1, 0.15) is 22.8 Å². The van der Waals surface area contributed by atoms with E-state index in [1.165, 1.54) is 14.0 Å². The van der Waals surface area contributed by atoms with Crippen molar-refractivity contribution in [3.8, 4) is 11.5 Å². The first kappa shape index (κ1) is 9.58. The molecule has 70 valence electrons. The number of benzene rings is 1. The Morgan fingerprint density at radius 2 is 2.08 bits per heavy atom. The molecular weight excluding hydrogens is 168 g/mol. The normalized spacial score (nSPS) is 9.77. The number of aromatic hydroxyl groups is 1. The third kappa shape index (κ3) is 1.80. The lowest BCUT2D eigenvalue weighted by Gasteiger charge is -2.08. The second-order valence-corrected chi connectivity index (χ2v) is 2.92. The maximum absolute atomic E-state index is 11.1. The van der Waals surface area contributed by atoms with Crippen LogP contribution in [-0.2, 0) is 0 Å². The molecule has 0 heterocycles. The molecule has 1 aromatic rings. The number of carbonyl (C=O) groups is 1. The van der Waals surface area contributed by atoms with E-state index in [4.69, 9.17) is 4.74 Å². The molecule has 1 aromatic carbocycles. The van der Waals surface area contributed by atoms with Crippen molar-refractivity contribution in [3.05, 3.63) is 23.3 Å². The van der Waals surface area contributed by atoms with Crippen molar-refractivity contribution in [2.45, 2.75) is 13.8 Å². The Morgan fingerprint density at radius 3 is 2.54 bits per heavy atom. The fraction of sp³-hybridized carbons (Fsp3) is 0.300. The monoisotopic (exact) mass is 180 g/mol. The highest BCUT2D eigenvalue weighted by atomic mass is 16.5. The lowest BCUT2D eigenvalue weighted by molar-refractivity contribution is 0.101. The fourth-order valence-corrected chi connectivity index (χ4v) is 1.25. The van der Waals surface area contributed by atoms with E-state index in [9.17, 15) is 9.90 Å². The van der Waals surface area contributed by atoms with Gasteiger partial charge in [-0.05, 0) is 31.5 Å². The molecule has 0 spiro atoms. The van der Waals surface area contributed by atoms with Crippen molar-refractivity contribution in [2.24, 2.45) is 0 Å². The fourth-order valence-electron chi connectivity index (χ4n) is 1.25. The number of Topliss-reactive ketones (excluding diaryl/α,β-unsaturated/α-hetero) is 1. The van der Waals surface area contributed by atoms with Crippen molar-refractivity contribution < 1.29 is 14.6 Å². The van der Waals surface area contributed by atoms with Crippen molar-refractivity contribution in [1.82, 2.24) is 0 Å². The molecule has 0 atom stereocenters. The Balaban J connectivity index is 3.38. The van der Waals surface area contributed by atoms with Gasteiger partial charge in [0.25, 0.3) is 0 Å². The summed E-state index contributed by atoms with van der Waals surface area (Å²) in [6.45, 7) is 3.22. The van der Waals surface area contributed by atoms with Gasteiger partial charge in [0, 0.05) is 0 Å². The van der Waals surface area contributed by atoms with Crippen LogP contribution in [0, 0.1) is 6.92 Å². The van der Waals surface area contributed by atoms with Crippen molar-refractivity contribution >= 4 is 5.78 Å². The summed E-state index contributed by atoms with van der Waals surface area (Å²) in [5.74, 6) is 0.198. The van der Waals surface area contributed by atoms with E-state index in [1.807, 2.05) is 6.92 Å². The molecule has 0 aliphatic heterocycles. The number of hydrogen-bond acceptors (Lipinski definition) is 3. The molecule has 0 unspecified atom stereocenters. The SMILES string of the molecule is COc1cc(C)cc(O)c1C(C)=O. The molecule has 3 nitrogen and oxygen atoms in total. The highest BCUT2D eigenvalue weighted by Gasteiger charge is 2.13. The first-order valence-electron chi connectivity index (χ1n) is 3.94. The van der Waals surface area contributed by atoms with Crippen LogP contribution in [-0.4, -0.2) is 18.0 Å². The van der Waals surface area contributed by atoms with Crippen LogP contribution in [0.15, 0.2) is 12.1 Å². The van der Waals surface area contributed by atoms with Gasteiger partial charge >= 0.3 is 0 Å². The van der Waals surface area contributed by atoms with Gasteiger partial charge in [-0.15, -0.1) is 0 Å². The van der Waals surface area contributed by atoms with Crippen LogP contribution in [0.25, 0.3) is 0 Å². The average Bonchev–Trinajstić information content (AvgIpc) is 2.01. The number of phenols is 1. The molecule has 0 aliphatic carbocycles. The van der Waals surface area contributed by atoms with E-state index in [1.54, 1.807) is 12.1 Å². The van der Waals surface area contributed by atoms with Crippen molar-refractivity contribution in [2.75, 3.05) is 7.11 Å². The minimum atomic E-state index is -0.200. The standard InChI is InChI=1S/C10H12O3/c1-6-4-8(12)10(7(2)11)9(5-6)13-3/h4-5,12H,1-3H3. The minimum Gasteiger partial charge on any atom is -0.507 e. The van der Waals surface area contributed by atoms with Crippen molar-refractivity contribution in [3.63, 3.8) is 0 Å². The topological polar surface area (TPSA) is 46.5 Å². The van der Waals surface area contributed by atoms with Gasteiger partial charge in [0.1, 0.15) is 17.1 Å². The zero-order valence-electron chi connectivity index (χ0n) is 7.92. The number of ether oxygens (including phenoxy) is 1. The number of methoxy groups -OCH3 is 1. The maximum Gasteiger partial charge on any atom is 0.167 e. The summed E-state index contributed by atoms with van der Waals surface area (Å²) in [5, 5.41) is 9.47. The highest BCUT2D eigenvalue weighted by Crippen LogP contribution is 2.29. The molecule has 0 aliphatic rings. The van der Waals surface area contributed by atoms with Gasteiger partial charge < -0.3 is 9.84 Å². The number of rotatable bonds is 2. The zero-order valence-corrected chi connectivity index (χ0v) is 7.92. The number of ketones is 1. The first-order chi connectivity index (χ1) is 6.06.